The molecule has 0 aliphatic rings. The standard InChI is InChI=1S/C12H16N2O3.ClH/c1-8-4-5-9(12(16)17-3)6-10(8)14-11(15)7-13-2;/h4-6,13H,7H2,1-3H3,(H,14,15);1H. The van der Waals surface area contributed by atoms with Crippen LogP contribution in [0.15, 0.2) is 18.2 Å². The number of amides is 1. The molecule has 1 amide bonds. The fourth-order valence-electron chi connectivity index (χ4n) is 1.36. The summed E-state index contributed by atoms with van der Waals surface area (Å²) in [7, 11) is 3.01. The van der Waals surface area contributed by atoms with Gasteiger partial charge < -0.3 is 15.4 Å². The van der Waals surface area contributed by atoms with Gasteiger partial charge in [0.2, 0.25) is 5.91 Å². The van der Waals surface area contributed by atoms with Crippen molar-refractivity contribution in [2.24, 2.45) is 0 Å². The lowest BCUT2D eigenvalue weighted by Crippen LogP contribution is -2.25. The summed E-state index contributed by atoms with van der Waals surface area (Å²) in [6.45, 7) is 2.08. The Morgan fingerprint density at radius 3 is 2.56 bits per heavy atom. The molecule has 0 aliphatic heterocycles. The molecule has 0 saturated carbocycles. The molecule has 0 spiro atoms. The molecule has 0 radical (unpaired) electrons. The number of ether oxygens (including phenoxy) is 1. The molecule has 0 aromatic heterocycles. The molecule has 1 rings (SSSR count). The van der Waals surface area contributed by atoms with Crippen LogP contribution < -0.4 is 10.6 Å². The first-order valence-electron chi connectivity index (χ1n) is 5.22. The van der Waals surface area contributed by atoms with E-state index in [9.17, 15) is 9.59 Å². The van der Waals surface area contributed by atoms with Crippen LogP contribution in [-0.4, -0.2) is 32.6 Å². The summed E-state index contributed by atoms with van der Waals surface area (Å²) in [5.41, 5.74) is 1.92. The van der Waals surface area contributed by atoms with Gasteiger partial charge in [-0.1, -0.05) is 6.07 Å². The first kappa shape index (κ1) is 16.4. The van der Waals surface area contributed by atoms with E-state index in [2.05, 4.69) is 15.4 Å². The fourth-order valence-corrected chi connectivity index (χ4v) is 1.36. The van der Waals surface area contributed by atoms with E-state index in [-0.39, 0.29) is 24.9 Å². The number of aryl methyl sites for hydroxylation is 1. The number of rotatable bonds is 4. The molecular formula is C12H17ClN2O3. The zero-order valence-corrected chi connectivity index (χ0v) is 11.4. The molecule has 0 unspecified atom stereocenters. The lowest BCUT2D eigenvalue weighted by Gasteiger charge is -2.09. The molecule has 0 saturated heterocycles. The van der Waals surface area contributed by atoms with Crippen LogP contribution in [0.3, 0.4) is 0 Å². The summed E-state index contributed by atoms with van der Waals surface area (Å²) in [6.07, 6.45) is 0. The average Bonchev–Trinajstić information content (AvgIpc) is 2.31. The highest BCUT2D eigenvalue weighted by molar-refractivity contribution is 5.96. The van der Waals surface area contributed by atoms with Crippen LogP contribution in [0.25, 0.3) is 0 Å². The molecule has 18 heavy (non-hydrogen) atoms. The van der Waals surface area contributed by atoms with Crippen LogP contribution in [0.5, 0.6) is 0 Å². The van der Waals surface area contributed by atoms with Gasteiger partial charge in [-0.2, -0.15) is 0 Å². The van der Waals surface area contributed by atoms with Gasteiger partial charge in [0.1, 0.15) is 0 Å². The molecule has 6 heteroatoms. The lowest BCUT2D eigenvalue weighted by molar-refractivity contribution is -0.115. The highest BCUT2D eigenvalue weighted by atomic mass is 35.5. The van der Waals surface area contributed by atoms with Gasteiger partial charge >= 0.3 is 5.97 Å². The normalized spacial score (nSPS) is 9.28. The van der Waals surface area contributed by atoms with Crippen molar-refractivity contribution in [3.8, 4) is 0 Å². The Balaban J connectivity index is 0.00000289. The average molecular weight is 273 g/mol. The zero-order valence-electron chi connectivity index (χ0n) is 10.6. The van der Waals surface area contributed by atoms with Crippen LogP contribution in [0, 0.1) is 6.92 Å². The van der Waals surface area contributed by atoms with Crippen molar-refractivity contribution in [1.82, 2.24) is 5.32 Å². The molecule has 2 N–H and O–H groups in total. The van der Waals surface area contributed by atoms with Gasteiger partial charge in [0.05, 0.1) is 19.2 Å². The number of carbonyl (C=O) groups is 2. The van der Waals surface area contributed by atoms with Crippen molar-refractivity contribution in [2.75, 3.05) is 26.0 Å². The predicted octanol–water partition coefficient (Wildman–Crippen LogP) is 1.36. The Labute approximate surface area is 112 Å². The molecule has 100 valence electrons. The minimum absolute atomic E-state index is 0. The van der Waals surface area contributed by atoms with Crippen LogP contribution in [0.2, 0.25) is 0 Å². The third kappa shape index (κ3) is 4.35. The molecule has 0 heterocycles. The summed E-state index contributed by atoms with van der Waals surface area (Å²) >= 11 is 0. The second-order valence-electron chi connectivity index (χ2n) is 3.60. The molecule has 0 bridgehead atoms. The number of carbonyl (C=O) groups excluding carboxylic acids is 2. The Kier molecular flexibility index (Phi) is 7.00. The first-order valence-corrected chi connectivity index (χ1v) is 5.22. The number of nitrogens with one attached hydrogen (secondary N) is 2. The van der Waals surface area contributed by atoms with Gasteiger partial charge in [-0.25, -0.2) is 4.79 Å². The third-order valence-corrected chi connectivity index (χ3v) is 2.27. The van der Waals surface area contributed by atoms with E-state index in [1.165, 1.54) is 7.11 Å². The van der Waals surface area contributed by atoms with Gasteiger partial charge in [-0.05, 0) is 31.7 Å². The Hall–Kier alpha value is -1.59. The SMILES string of the molecule is CNCC(=O)Nc1cc(C(=O)OC)ccc1C.Cl. The van der Waals surface area contributed by atoms with E-state index in [0.29, 0.717) is 11.3 Å². The summed E-state index contributed by atoms with van der Waals surface area (Å²) in [5.74, 6) is -0.577. The van der Waals surface area contributed by atoms with Crippen LogP contribution >= 0.6 is 12.4 Å². The van der Waals surface area contributed by atoms with Crippen LogP contribution in [0.1, 0.15) is 15.9 Å². The minimum atomic E-state index is -0.422. The maximum Gasteiger partial charge on any atom is 0.337 e. The van der Waals surface area contributed by atoms with E-state index in [0.717, 1.165) is 5.56 Å². The van der Waals surface area contributed by atoms with E-state index in [1.807, 2.05) is 6.92 Å². The summed E-state index contributed by atoms with van der Waals surface area (Å²) in [6, 6.07) is 5.03. The lowest BCUT2D eigenvalue weighted by atomic mass is 10.1. The Morgan fingerprint density at radius 2 is 2.00 bits per heavy atom. The number of methoxy groups -OCH3 is 1. The van der Waals surface area contributed by atoms with Gasteiger partial charge in [0.15, 0.2) is 0 Å². The number of benzene rings is 1. The van der Waals surface area contributed by atoms with Gasteiger partial charge in [0.25, 0.3) is 0 Å². The van der Waals surface area contributed by atoms with Crippen LogP contribution in [-0.2, 0) is 9.53 Å². The summed E-state index contributed by atoms with van der Waals surface area (Å²) in [4.78, 5) is 22.8. The van der Waals surface area contributed by atoms with Crippen molar-refractivity contribution >= 4 is 30.0 Å². The number of hydrogen-bond donors (Lipinski definition) is 2. The Bertz CT molecular complexity index is 435. The number of hydrogen-bond acceptors (Lipinski definition) is 4. The first-order chi connectivity index (χ1) is 8.08. The molecule has 0 atom stereocenters. The maximum atomic E-state index is 11.4. The third-order valence-electron chi connectivity index (χ3n) is 2.27. The molecule has 1 aromatic rings. The second-order valence-corrected chi connectivity index (χ2v) is 3.60. The molecule has 1 aromatic carbocycles. The minimum Gasteiger partial charge on any atom is -0.465 e. The maximum absolute atomic E-state index is 11.4. The van der Waals surface area contributed by atoms with E-state index < -0.39 is 5.97 Å². The molecule has 5 nitrogen and oxygen atoms in total. The summed E-state index contributed by atoms with van der Waals surface area (Å²) < 4.78 is 4.62. The Morgan fingerprint density at radius 1 is 1.33 bits per heavy atom. The van der Waals surface area contributed by atoms with Crippen molar-refractivity contribution in [1.29, 1.82) is 0 Å². The molecule has 0 aliphatic carbocycles. The van der Waals surface area contributed by atoms with E-state index >= 15 is 0 Å². The predicted molar refractivity (Wildman–Crippen MR) is 72.3 cm³/mol. The molecule has 0 fully saturated rings. The number of esters is 1. The monoisotopic (exact) mass is 272 g/mol. The quantitative estimate of drug-likeness (QED) is 0.812. The number of halogens is 1. The van der Waals surface area contributed by atoms with Crippen molar-refractivity contribution in [3.63, 3.8) is 0 Å². The highest BCUT2D eigenvalue weighted by Crippen LogP contribution is 2.17. The van der Waals surface area contributed by atoms with Crippen molar-refractivity contribution < 1.29 is 14.3 Å². The number of likely N-dealkylation sites (N-methyl/N-ethyl adjacent to an activating group) is 1. The number of anilines is 1. The van der Waals surface area contributed by atoms with Gasteiger partial charge in [-0.3, -0.25) is 4.79 Å². The smallest absolute Gasteiger partial charge is 0.337 e. The van der Waals surface area contributed by atoms with Gasteiger partial charge in [-0.15, -0.1) is 12.4 Å². The topological polar surface area (TPSA) is 67.4 Å². The second kappa shape index (κ2) is 7.68. The van der Waals surface area contributed by atoms with E-state index in [1.54, 1.807) is 25.2 Å². The fraction of sp³-hybridized carbons (Fsp3) is 0.333. The van der Waals surface area contributed by atoms with Crippen LogP contribution in [0.4, 0.5) is 5.69 Å². The summed E-state index contributed by atoms with van der Waals surface area (Å²) in [5, 5.41) is 5.47. The largest absolute Gasteiger partial charge is 0.465 e. The zero-order chi connectivity index (χ0) is 12.8. The highest BCUT2D eigenvalue weighted by Gasteiger charge is 2.09. The van der Waals surface area contributed by atoms with E-state index in [4.69, 9.17) is 0 Å². The molecular weight excluding hydrogens is 256 g/mol. The van der Waals surface area contributed by atoms with Gasteiger partial charge in [0, 0.05) is 5.69 Å². The van der Waals surface area contributed by atoms with Crippen molar-refractivity contribution in [2.45, 2.75) is 6.92 Å². The van der Waals surface area contributed by atoms with Crippen molar-refractivity contribution in [3.05, 3.63) is 29.3 Å².